The van der Waals surface area contributed by atoms with Crippen molar-refractivity contribution in [1.29, 1.82) is 0 Å². The number of anilines is 1. The molecule has 0 heterocycles. The highest BCUT2D eigenvalue weighted by Crippen LogP contribution is 2.41. The summed E-state index contributed by atoms with van der Waals surface area (Å²) < 4.78 is 0.912. The van der Waals surface area contributed by atoms with Crippen LogP contribution in [0.5, 0.6) is 0 Å². The lowest BCUT2D eigenvalue weighted by molar-refractivity contribution is -0.124. The lowest BCUT2D eigenvalue weighted by Gasteiger charge is -2.37. The number of hydrogen-bond acceptors (Lipinski definition) is 1. The minimum Gasteiger partial charge on any atom is -0.324 e. The summed E-state index contributed by atoms with van der Waals surface area (Å²) in [6, 6.07) is 5.49. The van der Waals surface area contributed by atoms with E-state index in [-0.39, 0.29) is 17.2 Å². The molecule has 0 saturated heterocycles. The Bertz CT molecular complexity index is 487. The number of benzene rings is 1. The van der Waals surface area contributed by atoms with Crippen LogP contribution in [0.2, 0.25) is 5.02 Å². The lowest BCUT2D eigenvalue weighted by Crippen LogP contribution is -2.37. The van der Waals surface area contributed by atoms with Gasteiger partial charge < -0.3 is 5.32 Å². The van der Waals surface area contributed by atoms with Crippen molar-refractivity contribution in [2.24, 2.45) is 11.3 Å². The van der Waals surface area contributed by atoms with Crippen LogP contribution in [0.25, 0.3) is 0 Å². The summed E-state index contributed by atoms with van der Waals surface area (Å²) in [7, 11) is 0. The topological polar surface area (TPSA) is 29.1 Å². The Morgan fingerprint density at radius 1 is 1.42 bits per heavy atom. The molecule has 1 atom stereocenters. The average molecular weight is 345 g/mol. The van der Waals surface area contributed by atoms with E-state index in [0.29, 0.717) is 10.7 Å². The number of rotatable bonds is 2. The molecular weight excluding hydrogens is 326 g/mol. The number of amides is 1. The van der Waals surface area contributed by atoms with E-state index in [1.165, 1.54) is 6.42 Å². The Hall–Kier alpha value is -0.540. The van der Waals surface area contributed by atoms with Gasteiger partial charge in [0.25, 0.3) is 0 Å². The van der Waals surface area contributed by atoms with Crippen molar-refractivity contribution < 1.29 is 4.79 Å². The van der Waals surface area contributed by atoms with Gasteiger partial charge in [0.15, 0.2) is 0 Å². The summed E-state index contributed by atoms with van der Waals surface area (Å²) in [5.41, 5.74) is 0.753. The van der Waals surface area contributed by atoms with Gasteiger partial charge in [-0.3, -0.25) is 4.79 Å². The smallest absolute Gasteiger partial charge is 0.228 e. The van der Waals surface area contributed by atoms with Crippen LogP contribution in [0.4, 0.5) is 5.69 Å². The molecule has 0 spiro atoms. The fraction of sp³-hybridized carbons (Fsp3) is 0.533. The Labute approximate surface area is 128 Å². The van der Waals surface area contributed by atoms with E-state index < -0.39 is 0 Å². The second-order valence-electron chi connectivity index (χ2n) is 5.90. The Morgan fingerprint density at radius 2 is 2.16 bits per heavy atom. The van der Waals surface area contributed by atoms with Gasteiger partial charge in [-0.1, -0.05) is 54.2 Å². The van der Waals surface area contributed by atoms with Crippen molar-refractivity contribution in [3.63, 3.8) is 0 Å². The van der Waals surface area contributed by atoms with Gasteiger partial charge in [-0.05, 0) is 36.5 Å². The van der Waals surface area contributed by atoms with Crippen LogP contribution in [0.1, 0.15) is 39.5 Å². The predicted molar refractivity (Wildman–Crippen MR) is 83.5 cm³/mol. The molecule has 1 aromatic carbocycles. The molecule has 1 amide bonds. The van der Waals surface area contributed by atoms with E-state index in [2.05, 4.69) is 35.1 Å². The standard InChI is InChI=1S/C15H19BrClNO/c1-15(2)8-4-3-5-11(15)14(19)18-13-9-10(16)6-7-12(13)17/h6-7,9,11H,3-5,8H2,1-2H3,(H,18,19). The van der Waals surface area contributed by atoms with Crippen LogP contribution in [0.15, 0.2) is 22.7 Å². The highest BCUT2D eigenvalue weighted by Gasteiger charge is 2.37. The van der Waals surface area contributed by atoms with E-state index >= 15 is 0 Å². The van der Waals surface area contributed by atoms with Crippen molar-refractivity contribution in [3.05, 3.63) is 27.7 Å². The van der Waals surface area contributed by atoms with Crippen molar-refractivity contribution in [1.82, 2.24) is 0 Å². The molecule has 2 nitrogen and oxygen atoms in total. The van der Waals surface area contributed by atoms with Crippen molar-refractivity contribution in [2.75, 3.05) is 5.32 Å². The predicted octanol–water partition coefficient (Wildman–Crippen LogP) is 5.26. The Kier molecular flexibility index (Phi) is 4.57. The largest absolute Gasteiger partial charge is 0.324 e. The zero-order valence-electron chi connectivity index (χ0n) is 11.3. The van der Waals surface area contributed by atoms with Crippen LogP contribution >= 0.6 is 27.5 Å². The summed E-state index contributed by atoms with van der Waals surface area (Å²) in [5.74, 6) is 0.154. The summed E-state index contributed by atoms with van der Waals surface area (Å²) in [6.45, 7) is 4.36. The fourth-order valence-corrected chi connectivity index (χ4v) is 3.32. The first-order chi connectivity index (χ1) is 8.90. The normalized spacial score (nSPS) is 22.0. The van der Waals surface area contributed by atoms with Gasteiger partial charge in [0.1, 0.15) is 0 Å². The third-order valence-corrected chi connectivity index (χ3v) is 4.83. The molecule has 2 rings (SSSR count). The first-order valence-corrected chi connectivity index (χ1v) is 7.83. The van der Waals surface area contributed by atoms with Gasteiger partial charge in [0.2, 0.25) is 5.91 Å². The summed E-state index contributed by atoms with van der Waals surface area (Å²) in [5, 5.41) is 3.55. The molecule has 0 aliphatic heterocycles. The molecule has 0 aromatic heterocycles. The van der Waals surface area contributed by atoms with Gasteiger partial charge >= 0.3 is 0 Å². The van der Waals surface area contributed by atoms with E-state index in [4.69, 9.17) is 11.6 Å². The molecule has 1 aliphatic carbocycles. The summed E-state index contributed by atoms with van der Waals surface area (Å²) in [6.07, 6.45) is 4.42. The monoisotopic (exact) mass is 343 g/mol. The lowest BCUT2D eigenvalue weighted by atomic mass is 9.68. The molecule has 4 heteroatoms. The van der Waals surface area contributed by atoms with Crippen molar-refractivity contribution >= 4 is 39.1 Å². The van der Waals surface area contributed by atoms with E-state index in [0.717, 1.165) is 23.7 Å². The molecular formula is C15H19BrClNO. The third kappa shape index (κ3) is 3.51. The van der Waals surface area contributed by atoms with Gasteiger partial charge in [0.05, 0.1) is 10.7 Å². The van der Waals surface area contributed by atoms with Gasteiger partial charge in [-0.25, -0.2) is 0 Å². The first-order valence-electron chi connectivity index (χ1n) is 6.66. The van der Waals surface area contributed by atoms with Crippen molar-refractivity contribution in [2.45, 2.75) is 39.5 Å². The quantitative estimate of drug-likeness (QED) is 0.779. The van der Waals surface area contributed by atoms with Gasteiger partial charge in [0, 0.05) is 10.4 Å². The van der Waals surface area contributed by atoms with Crippen LogP contribution < -0.4 is 5.32 Å². The maximum Gasteiger partial charge on any atom is 0.228 e. The molecule has 1 fully saturated rings. The maximum absolute atomic E-state index is 12.5. The summed E-state index contributed by atoms with van der Waals surface area (Å²) >= 11 is 9.51. The van der Waals surface area contributed by atoms with E-state index in [9.17, 15) is 4.79 Å². The minimum atomic E-state index is 0.0660. The van der Waals surface area contributed by atoms with Crippen LogP contribution in [0.3, 0.4) is 0 Å². The zero-order valence-corrected chi connectivity index (χ0v) is 13.6. The molecule has 104 valence electrons. The van der Waals surface area contributed by atoms with Crippen LogP contribution in [0, 0.1) is 11.3 Å². The second kappa shape index (κ2) is 5.84. The fourth-order valence-electron chi connectivity index (χ4n) is 2.79. The molecule has 1 aromatic rings. The molecule has 0 radical (unpaired) electrons. The highest BCUT2D eigenvalue weighted by atomic mass is 79.9. The molecule has 1 unspecified atom stereocenters. The van der Waals surface area contributed by atoms with E-state index in [1.54, 1.807) is 6.07 Å². The Balaban J connectivity index is 2.14. The minimum absolute atomic E-state index is 0.0660. The summed E-state index contributed by atoms with van der Waals surface area (Å²) in [4.78, 5) is 12.5. The van der Waals surface area contributed by atoms with E-state index in [1.807, 2.05) is 12.1 Å². The maximum atomic E-state index is 12.5. The number of hydrogen-bond donors (Lipinski definition) is 1. The van der Waals surface area contributed by atoms with Crippen LogP contribution in [-0.2, 0) is 4.79 Å². The average Bonchev–Trinajstić information content (AvgIpc) is 2.33. The zero-order chi connectivity index (χ0) is 14.0. The number of nitrogens with one attached hydrogen (secondary N) is 1. The van der Waals surface area contributed by atoms with Gasteiger partial charge in [-0.15, -0.1) is 0 Å². The highest BCUT2D eigenvalue weighted by molar-refractivity contribution is 9.10. The molecule has 1 aliphatic rings. The Morgan fingerprint density at radius 3 is 2.84 bits per heavy atom. The SMILES string of the molecule is CC1(C)CCCCC1C(=O)Nc1cc(Br)ccc1Cl. The molecule has 0 bridgehead atoms. The second-order valence-corrected chi connectivity index (χ2v) is 7.22. The number of carbonyl (C=O) groups excluding carboxylic acids is 1. The number of carbonyl (C=O) groups is 1. The number of halogens is 2. The molecule has 1 N–H and O–H groups in total. The first kappa shape index (κ1) is 14.9. The van der Waals surface area contributed by atoms with Gasteiger partial charge in [-0.2, -0.15) is 0 Å². The van der Waals surface area contributed by atoms with Crippen LogP contribution in [-0.4, -0.2) is 5.91 Å². The molecule has 1 saturated carbocycles. The van der Waals surface area contributed by atoms with Crippen molar-refractivity contribution in [3.8, 4) is 0 Å². The molecule has 19 heavy (non-hydrogen) atoms. The third-order valence-electron chi connectivity index (χ3n) is 4.01.